The second kappa shape index (κ2) is 5.40. The first-order valence-electron chi connectivity index (χ1n) is 6.64. The maximum absolute atomic E-state index is 11.7. The van der Waals surface area contributed by atoms with Crippen molar-refractivity contribution in [1.29, 1.82) is 0 Å². The molecule has 0 bridgehead atoms. The van der Waals surface area contributed by atoms with Crippen LogP contribution in [0.3, 0.4) is 0 Å². The molecule has 1 N–H and O–H groups in total. The highest BCUT2D eigenvalue weighted by atomic mass is 16.4. The van der Waals surface area contributed by atoms with Crippen LogP contribution in [0, 0.1) is 6.92 Å². The molecule has 0 aliphatic carbocycles. The molecule has 6 heteroatoms. The van der Waals surface area contributed by atoms with Crippen LogP contribution >= 0.6 is 0 Å². The largest absolute Gasteiger partial charge is 0.479 e. The monoisotopic (exact) mass is 274 g/mol. The smallest absolute Gasteiger partial charge is 0.331 e. The van der Waals surface area contributed by atoms with Gasteiger partial charge in [-0.25, -0.2) is 9.48 Å². The Balaban J connectivity index is 2.57. The molecule has 0 amide bonds. The number of aliphatic carboxylic acids is 1. The quantitative estimate of drug-likeness (QED) is 0.904. The number of benzene rings is 1. The van der Waals surface area contributed by atoms with Crippen molar-refractivity contribution in [3.8, 4) is 11.4 Å². The lowest BCUT2D eigenvalue weighted by atomic mass is 9.92. The Bertz CT molecular complexity index is 600. The van der Waals surface area contributed by atoms with Crippen LogP contribution in [0.15, 0.2) is 24.3 Å². The second-order valence-electron chi connectivity index (χ2n) is 4.82. The molecule has 6 nitrogen and oxygen atoms in total. The highest BCUT2D eigenvalue weighted by Gasteiger charge is 2.40. The van der Waals surface area contributed by atoms with Gasteiger partial charge in [-0.2, -0.15) is 0 Å². The Morgan fingerprint density at radius 1 is 1.25 bits per heavy atom. The van der Waals surface area contributed by atoms with Crippen molar-refractivity contribution in [2.75, 3.05) is 0 Å². The molecule has 0 saturated carbocycles. The summed E-state index contributed by atoms with van der Waals surface area (Å²) in [7, 11) is 0. The number of hydrogen-bond donors (Lipinski definition) is 1. The van der Waals surface area contributed by atoms with Gasteiger partial charge < -0.3 is 5.11 Å². The van der Waals surface area contributed by atoms with Crippen LogP contribution in [0.1, 0.15) is 32.3 Å². The molecule has 1 aromatic carbocycles. The molecule has 20 heavy (non-hydrogen) atoms. The minimum atomic E-state index is -1.11. The van der Waals surface area contributed by atoms with Gasteiger partial charge in [0.1, 0.15) is 0 Å². The fourth-order valence-corrected chi connectivity index (χ4v) is 2.30. The zero-order valence-corrected chi connectivity index (χ0v) is 11.9. The molecule has 0 aliphatic heterocycles. The lowest BCUT2D eigenvalue weighted by Crippen LogP contribution is -2.42. The van der Waals surface area contributed by atoms with E-state index >= 15 is 0 Å². The van der Waals surface area contributed by atoms with E-state index in [-0.39, 0.29) is 0 Å². The van der Waals surface area contributed by atoms with Gasteiger partial charge in [-0.05, 0) is 30.2 Å². The van der Waals surface area contributed by atoms with Crippen LogP contribution in [-0.2, 0) is 10.3 Å². The van der Waals surface area contributed by atoms with E-state index in [0.29, 0.717) is 18.7 Å². The molecule has 0 aliphatic rings. The standard InChI is InChI=1S/C14H18N4O2/c1-4-14(5-2,13(19)20)18-12(15-16-17-18)11-8-6-10(3)7-9-11/h6-9H,4-5H2,1-3H3,(H,19,20). The number of tetrazole rings is 1. The van der Waals surface area contributed by atoms with E-state index in [0.717, 1.165) is 11.1 Å². The highest BCUT2D eigenvalue weighted by molar-refractivity contribution is 5.77. The molecule has 0 atom stereocenters. The predicted octanol–water partition coefficient (Wildman–Crippen LogP) is 2.25. The van der Waals surface area contributed by atoms with Crippen molar-refractivity contribution in [3.05, 3.63) is 29.8 Å². The lowest BCUT2D eigenvalue weighted by Gasteiger charge is -2.27. The van der Waals surface area contributed by atoms with Gasteiger partial charge in [-0.15, -0.1) is 5.10 Å². The molecule has 2 rings (SSSR count). The average molecular weight is 274 g/mol. The molecule has 2 aromatic rings. The average Bonchev–Trinajstić information content (AvgIpc) is 2.91. The second-order valence-corrected chi connectivity index (χ2v) is 4.82. The summed E-state index contributed by atoms with van der Waals surface area (Å²) in [5, 5.41) is 21.2. The summed E-state index contributed by atoms with van der Waals surface area (Å²) in [6.45, 7) is 5.66. The van der Waals surface area contributed by atoms with Gasteiger partial charge in [0.15, 0.2) is 11.4 Å². The van der Waals surface area contributed by atoms with Gasteiger partial charge in [0, 0.05) is 5.56 Å². The maximum atomic E-state index is 11.7. The Labute approximate surface area is 117 Å². The number of carboxylic acid groups (broad SMARTS) is 1. The summed E-state index contributed by atoms with van der Waals surface area (Å²) in [4.78, 5) is 11.7. The number of carbonyl (C=O) groups is 1. The third-order valence-electron chi connectivity index (χ3n) is 3.75. The van der Waals surface area contributed by atoms with Gasteiger partial charge in [0.25, 0.3) is 0 Å². The highest BCUT2D eigenvalue weighted by Crippen LogP contribution is 2.29. The number of hydrogen-bond acceptors (Lipinski definition) is 4. The molecule has 1 aromatic heterocycles. The van der Waals surface area contributed by atoms with E-state index in [9.17, 15) is 9.90 Å². The molecule has 0 spiro atoms. The molecular weight excluding hydrogens is 256 g/mol. The molecular formula is C14H18N4O2. The summed E-state index contributed by atoms with van der Waals surface area (Å²) in [6, 6.07) is 7.70. The Kier molecular flexibility index (Phi) is 3.83. The van der Waals surface area contributed by atoms with Crippen LogP contribution in [0.5, 0.6) is 0 Å². The van der Waals surface area contributed by atoms with Crippen molar-refractivity contribution in [2.24, 2.45) is 0 Å². The van der Waals surface area contributed by atoms with E-state index in [4.69, 9.17) is 0 Å². The summed E-state index contributed by atoms with van der Waals surface area (Å²) in [5.74, 6) is -0.431. The molecule has 0 saturated heterocycles. The number of rotatable bonds is 5. The van der Waals surface area contributed by atoms with Crippen LogP contribution in [0.25, 0.3) is 11.4 Å². The van der Waals surface area contributed by atoms with Crippen molar-refractivity contribution in [3.63, 3.8) is 0 Å². The van der Waals surface area contributed by atoms with E-state index in [1.165, 1.54) is 4.68 Å². The van der Waals surface area contributed by atoms with E-state index in [1.54, 1.807) is 0 Å². The fraction of sp³-hybridized carbons (Fsp3) is 0.429. The molecule has 0 unspecified atom stereocenters. The maximum Gasteiger partial charge on any atom is 0.331 e. The number of carboxylic acids is 1. The Morgan fingerprint density at radius 3 is 2.35 bits per heavy atom. The first-order chi connectivity index (χ1) is 9.55. The molecule has 106 valence electrons. The van der Waals surface area contributed by atoms with Gasteiger partial charge in [-0.3, -0.25) is 0 Å². The fourth-order valence-electron chi connectivity index (χ4n) is 2.30. The predicted molar refractivity (Wildman–Crippen MR) is 74.2 cm³/mol. The van der Waals surface area contributed by atoms with Crippen molar-refractivity contribution < 1.29 is 9.90 Å². The van der Waals surface area contributed by atoms with Crippen LogP contribution in [0.4, 0.5) is 0 Å². The van der Waals surface area contributed by atoms with E-state index in [1.807, 2.05) is 45.0 Å². The van der Waals surface area contributed by atoms with Crippen LogP contribution in [0.2, 0.25) is 0 Å². The zero-order valence-electron chi connectivity index (χ0n) is 11.9. The summed E-state index contributed by atoms with van der Waals surface area (Å²) in [5.41, 5.74) is 0.834. The molecule has 0 radical (unpaired) electrons. The number of aromatic nitrogens is 4. The minimum Gasteiger partial charge on any atom is -0.479 e. The van der Waals surface area contributed by atoms with Crippen molar-refractivity contribution in [1.82, 2.24) is 20.2 Å². The third-order valence-corrected chi connectivity index (χ3v) is 3.75. The van der Waals surface area contributed by atoms with Gasteiger partial charge in [0.2, 0.25) is 0 Å². The topological polar surface area (TPSA) is 80.9 Å². The van der Waals surface area contributed by atoms with Crippen molar-refractivity contribution >= 4 is 5.97 Å². The normalized spacial score (nSPS) is 11.6. The third kappa shape index (κ3) is 2.17. The molecule has 1 heterocycles. The minimum absolute atomic E-state index is 0.419. The first-order valence-corrected chi connectivity index (χ1v) is 6.64. The van der Waals surface area contributed by atoms with Crippen LogP contribution < -0.4 is 0 Å². The van der Waals surface area contributed by atoms with Crippen LogP contribution in [-0.4, -0.2) is 31.3 Å². The van der Waals surface area contributed by atoms with Gasteiger partial charge in [0.05, 0.1) is 0 Å². The van der Waals surface area contributed by atoms with Gasteiger partial charge >= 0.3 is 5.97 Å². The summed E-state index contributed by atoms with van der Waals surface area (Å²) >= 11 is 0. The van der Waals surface area contributed by atoms with E-state index in [2.05, 4.69) is 15.5 Å². The SMILES string of the molecule is CCC(CC)(C(=O)O)n1nnnc1-c1ccc(C)cc1. The van der Waals surface area contributed by atoms with Gasteiger partial charge in [-0.1, -0.05) is 43.7 Å². The molecule has 0 fully saturated rings. The van der Waals surface area contributed by atoms with Crippen molar-refractivity contribution in [2.45, 2.75) is 39.2 Å². The Morgan fingerprint density at radius 2 is 1.85 bits per heavy atom. The lowest BCUT2D eigenvalue weighted by molar-refractivity contribution is -0.148. The number of nitrogens with zero attached hydrogens (tertiary/aromatic N) is 4. The number of aryl methyl sites for hydroxylation is 1. The zero-order chi connectivity index (χ0) is 14.8. The van der Waals surface area contributed by atoms with E-state index < -0.39 is 11.5 Å². The summed E-state index contributed by atoms with van der Waals surface area (Å²) in [6.07, 6.45) is 0.839. The summed E-state index contributed by atoms with van der Waals surface area (Å²) < 4.78 is 1.43. The first kappa shape index (κ1) is 14.2. The Hall–Kier alpha value is -2.24.